The van der Waals surface area contributed by atoms with Gasteiger partial charge in [0.25, 0.3) is 0 Å². The van der Waals surface area contributed by atoms with Crippen molar-refractivity contribution in [2.45, 2.75) is 19.4 Å². The van der Waals surface area contributed by atoms with Crippen LogP contribution in [-0.4, -0.2) is 22.0 Å². The lowest BCUT2D eigenvalue weighted by molar-refractivity contribution is 0.176. The Morgan fingerprint density at radius 2 is 2.11 bits per heavy atom. The number of hydrogen-bond donors (Lipinski definition) is 1. The van der Waals surface area contributed by atoms with Crippen molar-refractivity contribution < 1.29 is 9.84 Å². The molecule has 4 nitrogen and oxygen atoms in total. The van der Waals surface area contributed by atoms with Crippen molar-refractivity contribution in [3.05, 3.63) is 46.2 Å². The summed E-state index contributed by atoms with van der Waals surface area (Å²) in [6.07, 6.45) is -0.256. The number of para-hydroxylation sites is 1. The van der Waals surface area contributed by atoms with Gasteiger partial charge in [-0.15, -0.1) is 0 Å². The van der Waals surface area contributed by atoms with E-state index in [9.17, 15) is 5.11 Å². The maximum absolute atomic E-state index is 10.4. The van der Waals surface area contributed by atoms with Crippen LogP contribution in [0.5, 0.6) is 5.75 Å². The standard InChI is InChI=1S/C14H17ClN2O2/c1-9-13(14(15)17(2)16-9)11(18)8-10-6-4-5-7-12(10)19-3/h4-7,11,18H,8H2,1-3H3. The summed E-state index contributed by atoms with van der Waals surface area (Å²) in [5.41, 5.74) is 2.36. The van der Waals surface area contributed by atoms with Crippen LogP contribution in [0.15, 0.2) is 24.3 Å². The molecule has 102 valence electrons. The molecule has 0 aliphatic carbocycles. The fourth-order valence-corrected chi connectivity index (χ4v) is 2.51. The van der Waals surface area contributed by atoms with Crippen molar-refractivity contribution in [1.82, 2.24) is 9.78 Å². The van der Waals surface area contributed by atoms with Crippen molar-refractivity contribution in [2.24, 2.45) is 7.05 Å². The van der Waals surface area contributed by atoms with E-state index in [-0.39, 0.29) is 0 Å². The van der Waals surface area contributed by atoms with Crippen LogP contribution >= 0.6 is 11.6 Å². The van der Waals surface area contributed by atoms with Crippen LogP contribution in [0.2, 0.25) is 5.15 Å². The highest BCUT2D eigenvalue weighted by molar-refractivity contribution is 6.30. The molecule has 0 aliphatic heterocycles. The van der Waals surface area contributed by atoms with E-state index in [0.29, 0.717) is 17.1 Å². The summed E-state index contributed by atoms with van der Waals surface area (Å²) in [5, 5.41) is 15.1. The Morgan fingerprint density at radius 3 is 2.68 bits per heavy atom. The van der Waals surface area contributed by atoms with Gasteiger partial charge < -0.3 is 9.84 Å². The molecule has 0 radical (unpaired) electrons. The highest BCUT2D eigenvalue weighted by Crippen LogP contribution is 2.30. The summed E-state index contributed by atoms with van der Waals surface area (Å²) >= 11 is 6.16. The van der Waals surface area contributed by atoms with Gasteiger partial charge in [0.05, 0.1) is 18.9 Å². The average Bonchev–Trinajstić information content (AvgIpc) is 2.64. The highest BCUT2D eigenvalue weighted by atomic mass is 35.5. The second-order valence-electron chi connectivity index (χ2n) is 4.45. The molecule has 2 aromatic rings. The van der Waals surface area contributed by atoms with Crippen LogP contribution in [0.25, 0.3) is 0 Å². The second kappa shape index (κ2) is 5.63. The smallest absolute Gasteiger partial charge is 0.132 e. The number of aryl methyl sites for hydroxylation is 2. The monoisotopic (exact) mass is 280 g/mol. The van der Waals surface area contributed by atoms with Gasteiger partial charge in [0, 0.05) is 19.0 Å². The number of nitrogens with zero attached hydrogens (tertiary/aromatic N) is 2. The Hall–Kier alpha value is -1.52. The van der Waals surface area contributed by atoms with Crippen molar-refractivity contribution in [1.29, 1.82) is 0 Å². The van der Waals surface area contributed by atoms with E-state index in [2.05, 4.69) is 5.10 Å². The first-order valence-electron chi connectivity index (χ1n) is 6.03. The Bertz CT molecular complexity index is 581. The molecule has 5 heteroatoms. The van der Waals surface area contributed by atoms with Crippen molar-refractivity contribution in [3.8, 4) is 5.75 Å². The number of benzene rings is 1. The molecule has 0 saturated carbocycles. The third-order valence-corrected chi connectivity index (χ3v) is 3.58. The molecular formula is C14H17ClN2O2. The summed E-state index contributed by atoms with van der Waals surface area (Å²) in [6, 6.07) is 7.63. The Balaban J connectivity index is 2.28. The zero-order chi connectivity index (χ0) is 14.0. The van der Waals surface area contributed by atoms with Crippen LogP contribution in [0, 0.1) is 6.92 Å². The van der Waals surface area contributed by atoms with E-state index in [1.54, 1.807) is 18.8 Å². The van der Waals surface area contributed by atoms with E-state index in [4.69, 9.17) is 16.3 Å². The summed E-state index contributed by atoms with van der Waals surface area (Å²) in [5.74, 6) is 0.763. The third kappa shape index (κ3) is 2.74. The predicted molar refractivity (Wildman–Crippen MR) is 74.6 cm³/mol. The summed E-state index contributed by atoms with van der Waals surface area (Å²) in [6.45, 7) is 1.84. The van der Waals surface area contributed by atoms with Gasteiger partial charge in [-0.3, -0.25) is 4.68 Å². The molecule has 0 spiro atoms. The number of hydrogen-bond acceptors (Lipinski definition) is 3. The normalized spacial score (nSPS) is 12.5. The van der Waals surface area contributed by atoms with Gasteiger partial charge in [-0.05, 0) is 18.6 Å². The van der Waals surface area contributed by atoms with Crippen LogP contribution < -0.4 is 4.74 Å². The molecule has 19 heavy (non-hydrogen) atoms. The minimum atomic E-state index is -0.697. The fraction of sp³-hybridized carbons (Fsp3) is 0.357. The number of methoxy groups -OCH3 is 1. The zero-order valence-corrected chi connectivity index (χ0v) is 12.0. The van der Waals surface area contributed by atoms with E-state index >= 15 is 0 Å². The lowest BCUT2D eigenvalue weighted by atomic mass is 10.0. The lowest BCUT2D eigenvalue weighted by Gasteiger charge is -2.13. The molecule has 2 rings (SSSR count). The first kappa shape index (κ1) is 13.9. The molecule has 1 heterocycles. The molecule has 1 atom stereocenters. The third-order valence-electron chi connectivity index (χ3n) is 3.14. The molecule has 1 N–H and O–H groups in total. The van der Waals surface area contributed by atoms with E-state index in [1.807, 2.05) is 31.2 Å². The number of aliphatic hydroxyl groups excluding tert-OH is 1. The van der Waals surface area contributed by atoms with Crippen molar-refractivity contribution in [3.63, 3.8) is 0 Å². The van der Waals surface area contributed by atoms with Gasteiger partial charge in [-0.2, -0.15) is 5.10 Å². The SMILES string of the molecule is COc1ccccc1CC(O)c1c(C)nn(C)c1Cl. The van der Waals surface area contributed by atoms with E-state index in [1.165, 1.54) is 0 Å². The summed E-state index contributed by atoms with van der Waals surface area (Å²) < 4.78 is 6.85. The molecule has 0 saturated heterocycles. The highest BCUT2D eigenvalue weighted by Gasteiger charge is 2.20. The van der Waals surface area contributed by atoms with Crippen molar-refractivity contribution >= 4 is 11.6 Å². The molecule has 1 unspecified atom stereocenters. The molecule has 0 fully saturated rings. The topological polar surface area (TPSA) is 47.3 Å². The zero-order valence-electron chi connectivity index (χ0n) is 11.2. The van der Waals surface area contributed by atoms with Gasteiger partial charge in [0.2, 0.25) is 0 Å². The molecule has 0 aliphatic rings. The number of ether oxygens (including phenoxy) is 1. The Morgan fingerprint density at radius 1 is 1.42 bits per heavy atom. The molecule has 0 bridgehead atoms. The van der Waals surface area contributed by atoms with Crippen LogP contribution in [-0.2, 0) is 13.5 Å². The van der Waals surface area contributed by atoms with E-state index < -0.39 is 6.10 Å². The van der Waals surface area contributed by atoms with Crippen molar-refractivity contribution in [2.75, 3.05) is 7.11 Å². The maximum atomic E-state index is 10.4. The van der Waals surface area contributed by atoms with Crippen LogP contribution in [0.3, 0.4) is 0 Å². The first-order chi connectivity index (χ1) is 9.04. The van der Waals surface area contributed by atoms with Gasteiger partial charge in [-0.25, -0.2) is 0 Å². The molecule has 1 aromatic heterocycles. The average molecular weight is 281 g/mol. The van der Waals surface area contributed by atoms with Crippen LogP contribution in [0.4, 0.5) is 0 Å². The Kier molecular flexibility index (Phi) is 4.12. The summed E-state index contributed by atoms with van der Waals surface area (Å²) in [7, 11) is 3.38. The number of rotatable bonds is 4. The number of halogens is 1. The number of aliphatic hydroxyl groups is 1. The Labute approximate surface area is 117 Å². The molecule has 1 aromatic carbocycles. The largest absolute Gasteiger partial charge is 0.496 e. The minimum absolute atomic E-state index is 0.441. The molecular weight excluding hydrogens is 264 g/mol. The maximum Gasteiger partial charge on any atom is 0.132 e. The van der Waals surface area contributed by atoms with Gasteiger partial charge >= 0.3 is 0 Å². The van der Waals surface area contributed by atoms with Crippen LogP contribution in [0.1, 0.15) is 22.9 Å². The first-order valence-corrected chi connectivity index (χ1v) is 6.41. The van der Waals surface area contributed by atoms with E-state index in [0.717, 1.165) is 17.0 Å². The molecule has 0 amide bonds. The van der Waals surface area contributed by atoms with Gasteiger partial charge in [0.1, 0.15) is 10.9 Å². The van der Waals surface area contributed by atoms with Gasteiger partial charge in [0.15, 0.2) is 0 Å². The fourth-order valence-electron chi connectivity index (χ4n) is 2.21. The minimum Gasteiger partial charge on any atom is -0.496 e. The lowest BCUT2D eigenvalue weighted by Crippen LogP contribution is -2.04. The number of aromatic nitrogens is 2. The second-order valence-corrected chi connectivity index (χ2v) is 4.80. The van der Waals surface area contributed by atoms with Gasteiger partial charge in [-0.1, -0.05) is 29.8 Å². The predicted octanol–water partition coefficient (Wildman–Crippen LogP) is 2.67. The summed E-state index contributed by atoms with van der Waals surface area (Å²) in [4.78, 5) is 0. The quantitative estimate of drug-likeness (QED) is 0.937.